The summed E-state index contributed by atoms with van der Waals surface area (Å²) in [7, 11) is 0. The van der Waals surface area contributed by atoms with Crippen LogP contribution < -0.4 is 0 Å². The molecule has 2 heterocycles. The van der Waals surface area contributed by atoms with E-state index in [1.165, 1.54) is 0 Å². The number of benzene rings is 1. The van der Waals surface area contributed by atoms with Gasteiger partial charge in [0.25, 0.3) is 5.91 Å². The van der Waals surface area contributed by atoms with Crippen molar-refractivity contribution in [3.63, 3.8) is 0 Å². The van der Waals surface area contributed by atoms with Crippen molar-refractivity contribution >= 4 is 11.9 Å². The van der Waals surface area contributed by atoms with E-state index in [2.05, 4.69) is 0 Å². The van der Waals surface area contributed by atoms with Gasteiger partial charge in [-0.1, -0.05) is 6.07 Å². The largest absolute Gasteiger partial charge is 0.466 e. The molecule has 1 amide bonds. The van der Waals surface area contributed by atoms with Gasteiger partial charge in [-0.05, 0) is 50.1 Å². The normalized spacial score (nSPS) is 17.5. The fraction of sp³-hybridized carbons (Fsp3) is 0.368. The molecule has 3 rings (SSSR count). The van der Waals surface area contributed by atoms with Gasteiger partial charge >= 0.3 is 5.97 Å². The maximum absolute atomic E-state index is 12.8. The number of esters is 1. The zero-order valence-electron chi connectivity index (χ0n) is 13.9. The molecule has 2 aromatic rings. The Morgan fingerprint density at radius 3 is 2.75 bits per heavy atom. The molecular weight excluding hydrogens is 304 g/mol. The van der Waals surface area contributed by atoms with Gasteiger partial charge in [0.2, 0.25) is 0 Å². The third-order valence-corrected chi connectivity index (χ3v) is 4.32. The van der Waals surface area contributed by atoms with Gasteiger partial charge < -0.3 is 14.2 Å². The van der Waals surface area contributed by atoms with Crippen LogP contribution in [0.3, 0.4) is 0 Å². The fourth-order valence-electron chi connectivity index (χ4n) is 3.10. The number of hydrogen-bond donors (Lipinski definition) is 0. The maximum atomic E-state index is 12.8. The van der Waals surface area contributed by atoms with Gasteiger partial charge in [0, 0.05) is 36.7 Å². The minimum absolute atomic E-state index is 0.0296. The molecule has 0 saturated carbocycles. The lowest BCUT2D eigenvalue weighted by atomic mass is 9.97. The van der Waals surface area contributed by atoms with E-state index in [1.54, 1.807) is 11.8 Å². The van der Waals surface area contributed by atoms with Crippen molar-refractivity contribution in [1.29, 1.82) is 0 Å². The molecule has 1 aliphatic heterocycles. The number of piperidine rings is 1. The van der Waals surface area contributed by atoms with Gasteiger partial charge in [-0.25, -0.2) is 0 Å². The summed E-state index contributed by atoms with van der Waals surface area (Å²) in [5.41, 5.74) is 1.59. The first-order valence-electron chi connectivity index (χ1n) is 8.38. The zero-order valence-corrected chi connectivity index (χ0v) is 13.9. The summed E-state index contributed by atoms with van der Waals surface area (Å²) in [6.45, 7) is 3.30. The first kappa shape index (κ1) is 16.3. The molecular formula is C19H22N2O3. The highest BCUT2D eigenvalue weighted by Crippen LogP contribution is 2.21. The van der Waals surface area contributed by atoms with Gasteiger partial charge in [0.1, 0.15) is 0 Å². The van der Waals surface area contributed by atoms with E-state index in [0.29, 0.717) is 25.3 Å². The van der Waals surface area contributed by atoms with Crippen molar-refractivity contribution in [2.75, 3.05) is 19.7 Å². The van der Waals surface area contributed by atoms with Crippen molar-refractivity contribution in [3.05, 3.63) is 54.4 Å². The van der Waals surface area contributed by atoms with E-state index < -0.39 is 0 Å². The van der Waals surface area contributed by atoms with Crippen LogP contribution in [0.15, 0.2) is 48.8 Å². The Morgan fingerprint density at radius 2 is 2.00 bits per heavy atom. The van der Waals surface area contributed by atoms with Crippen molar-refractivity contribution in [3.8, 4) is 5.69 Å². The number of hydrogen-bond acceptors (Lipinski definition) is 3. The minimum Gasteiger partial charge on any atom is -0.466 e. The second-order valence-electron chi connectivity index (χ2n) is 5.98. The number of likely N-dealkylation sites (tertiary alicyclic amines) is 1. The van der Waals surface area contributed by atoms with Gasteiger partial charge in [0.15, 0.2) is 0 Å². The van der Waals surface area contributed by atoms with Crippen LogP contribution in [0.5, 0.6) is 0 Å². The molecule has 0 N–H and O–H groups in total. The van der Waals surface area contributed by atoms with Crippen LogP contribution in [0, 0.1) is 5.92 Å². The molecule has 1 unspecified atom stereocenters. The highest BCUT2D eigenvalue weighted by molar-refractivity contribution is 5.95. The maximum Gasteiger partial charge on any atom is 0.310 e. The summed E-state index contributed by atoms with van der Waals surface area (Å²) in [6.07, 6.45) is 5.50. The van der Waals surface area contributed by atoms with Crippen LogP contribution in [0.1, 0.15) is 30.1 Å². The molecule has 0 radical (unpaired) electrons. The van der Waals surface area contributed by atoms with Crippen LogP contribution in [0.25, 0.3) is 5.69 Å². The zero-order chi connectivity index (χ0) is 16.9. The van der Waals surface area contributed by atoms with E-state index in [4.69, 9.17) is 4.74 Å². The second-order valence-corrected chi connectivity index (χ2v) is 5.98. The lowest BCUT2D eigenvalue weighted by Crippen LogP contribution is -2.42. The average molecular weight is 326 g/mol. The molecule has 0 bridgehead atoms. The van der Waals surface area contributed by atoms with Crippen LogP contribution in [0.2, 0.25) is 0 Å². The highest BCUT2D eigenvalue weighted by Gasteiger charge is 2.29. The molecule has 5 nitrogen and oxygen atoms in total. The van der Waals surface area contributed by atoms with Crippen LogP contribution in [-0.4, -0.2) is 41.0 Å². The monoisotopic (exact) mass is 326 g/mol. The van der Waals surface area contributed by atoms with Crippen molar-refractivity contribution < 1.29 is 14.3 Å². The average Bonchev–Trinajstić information content (AvgIpc) is 3.16. The minimum atomic E-state index is -0.213. The molecule has 5 heteroatoms. The van der Waals surface area contributed by atoms with Crippen molar-refractivity contribution in [1.82, 2.24) is 9.47 Å². The SMILES string of the molecule is CCOC(=O)C1CCCN(C(=O)c2cccc(-n3cccc3)c2)C1. The lowest BCUT2D eigenvalue weighted by molar-refractivity contribution is -0.149. The van der Waals surface area contributed by atoms with Gasteiger partial charge in [-0.15, -0.1) is 0 Å². The molecule has 1 aromatic heterocycles. The summed E-state index contributed by atoms with van der Waals surface area (Å²) < 4.78 is 7.07. The number of carbonyl (C=O) groups is 2. The Kier molecular flexibility index (Phi) is 4.99. The molecule has 0 spiro atoms. The number of carbonyl (C=O) groups excluding carboxylic acids is 2. The topological polar surface area (TPSA) is 51.5 Å². The van der Waals surface area contributed by atoms with Crippen molar-refractivity contribution in [2.45, 2.75) is 19.8 Å². The summed E-state index contributed by atoms with van der Waals surface area (Å²) in [5, 5.41) is 0. The summed E-state index contributed by atoms with van der Waals surface area (Å²) in [6, 6.07) is 11.5. The summed E-state index contributed by atoms with van der Waals surface area (Å²) in [4.78, 5) is 26.5. The summed E-state index contributed by atoms with van der Waals surface area (Å²) >= 11 is 0. The Balaban J connectivity index is 1.74. The van der Waals surface area contributed by atoms with Gasteiger partial charge in [-0.2, -0.15) is 0 Å². The Bertz CT molecular complexity index is 709. The predicted molar refractivity (Wildman–Crippen MR) is 91.0 cm³/mol. The van der Waals surface area contributed by atoms with Crippen LogP contribution in [-0.2, 0) is 9.53 Å². The second kappa shape index (κ2) is 7.34. The van der Waals surface area contributed by atoms with E-state index in [9.17, 15) is 9.59 Å². The number of amides is 1. The van der Waals surface area contributed by atoms with Gasteiger partial charge in [0.05, 0.1) is 12.5 Å². The van der Waals surface area contributed by atoms with Crippen LogP contribution in [0.4, 0.5) is 0 Å². The molecule has 1 fully saturated rings. The van der Waals surface area contributed by atoms with Crippen LogP contribution >= 0.6 is 0 Å². The Hall–Kier alpha value is -2.56. The van der Waals surface area contributed by atoms with Gasteiger partial charge in [-0.3, -0.25) is 9.59 Å². The lowest BCUT2D eigenvalue weighted by Gasteiger charge is -2.31. The molecule has 126 valence electrons. The number of aromatic nitrogens is 1. The Morgan fingerprint density at radius 1 is 1.21 bits per heavy atom. The standard InChI is InChI=1S/C19H22N2O3/c1-2-24-19(23)16-8-6-12-21(14-16)18(22)15-7-5-9-17(13-15)20-10-3-4-11-20/h3-5,7,9-11,13,16H,2,6,8,12,14H2,1H3. The van der Waals surface area contributed by atoms with E-state index in [0.717, 1.165) is 18.5 Å². The number of rotatable bonds is 4. The number of nitrogens with zero attached hydrogens (tertiary/aromatic N) is 2. The molecule has 0 aliphatic carbocycles. The van der Waals surface area contributed by atoms with Crippen molar-refractivity contribution in [2.24, 2.45) is 5.92 Å². The molecule has 24 heavy (non-hydrogen) atoms. The van der Waals surface area contributed by atoms with E-state index >= 15 is 0 Å². The molecule has 1 atom stereocenters. The fourth-order valence-corrected chi connectivity index (χ4v) is 3.10. The molecule has 1 aromatic carbocycles. The molecule has 1 saturated heterocycles. The first-order chi connectivity index (χ1) is 11.7. The first-order valence-corrected chi connectivity index (χ1v) is 8.38. The van der Waals surface area contributed by atoms with E-state index in [-0.39, 0.29) is 17.8 Å². The summed E-state index contributed by atoms with van der Waals surface area (Å²) in [5.74, 6) is -0.440. The predicted octanol–water partition coefficient (Wildman–Crippen LogP) is 2.89. The highest BCUT2D eigenvalue weighted by atomic mass is 16.5. The molecule has 1 aliphatic rings. The number of ether oxygens (including phenoxy) is 1. The smallest absolute Gasteiger partial charge is 0.310 e. The third kappa shape index (κ3) is 3.50. The van der Waals surface area contributed by atoms with E-state index in [1.807, 2.05) is 53.4 Å². The quantitative estimate of drug-likeness (QED) is 0.812. The third-order valence-electron chi connectivity index (χ3n) is 4.32. The Labute approximate surface area is 141 Å².